The van der Waals surface area contributed by atoms with Crippen molar-refractivity contribution in [3.63, 3.8) is 0 Å². The SMILES string of the molecule is CC(=O)Nc1ccc(N2C(=O)CC(N(CCc3cccc(Cl)c3)C(=O)COc3ccccc3)C2=O)cc1. The fraction of sp³-hybridized carbons (Fsp3) is 0.214. The summed E-state index contributed by atoms with van der Waals surface area (Å²) in [5, 5.41) is 3.22. The summed E-state index contributed by atoms with van der Waals surface area (Å²) in [5.41, 5.74) is 1.81. The number of nitrogens with zero attached hydrogens (tertiary/aromatic N) is 2. The van der Waals surface area contributed by atoms with Crippen LogP contribution >= 0.6 is 11.6 Å². The lowest BCUT2D eigenvalue weighted by molar-refractivity contribution is -0.140. The Morgan fingerprint density at radius 1 is 1.03 bits per heavy atom. The van der Waals surface area contributed by atoms with Gasteiger partial charge in [-0.1, -0.05) is 41.9 Å². The van der Waals surface area contributed by atoms with Gasteiger partial charge in [-0.15, -0.1) is 0 Å². The second-order valence-electron chi connectivity index (χ2n) is 8.58. The number of halogens is 1. The van der Waals surface area contributed by atoms with Gasteiger partial charge in [0.1, 0.15) is 11.8 Å². The maximum atomic E-state index is 13.4. The Hall–Kier alpha value is -4.17. The largest absolute Gasteiger partial charge is 0.484 e. The zero-order chi connectivity index (χ0) is 26.4. The number of nitrogens with one attached hydrogen (secondary N) is 1. The Balaban J connectivity index is 1.53. The van der Waals surface area contributed by atoms with E-state index >= 15 is 0 Å². The van der Waals surface area contributed by atoms with Crippen LogP contribution in [0.1, 0.15) is 18.9 Å². The summed E-state index contributed by atoms with van der Waals surface area (Å²) in [6, 6.07) is 21.6. The summed E-state index contributed by atoms with van der Waals surface area (Å²) >= 11 is 6.11. The van der Waals surface area contributed by atoms with Crippen LogP contribution in [0.2, 0.25) is 5.02 Å². The third kappa shape index (κ3) is 6.54. The molecule has 8 nitrogen and oxygen atoms in total. The second-order valence-corrected chi connectivity index (χ2v) is 9.02. The maximum absolute atomic E-state index is 13.4. The lowest BCUT2D eigenvalue weighted by atomic mass is 10.1. The first kappa shape index (κ1) is 25.9. The van der Waals surface area contributed by atoms with Crippen LogP contribution in [0, 0.1) is 0 Å². The van der Waals surface area contributed by atoms with E-state index in [-0.39, 0.29) is 25.5 Å². The molecule has 1 saturated heterocycles. The van der Waals surface area contributed by atoms with Crippen molar-refractivity contribution in [2.24, 2.45) is 0 Å². The predicted molar refractivity (Wildman–Crippen MR) is 140 cm³/mol. The van der Waals surface area contributed by atoms with E-state index in [0.717, 1.165) is 10.5 Å². The molecule has 9 heteroatoms. The Morgan fingerprint density at radius 2 is 1.76 bits per heavy atom. The Kier molecular flexibility index (Phi) is 8.20. The minimum Gasteiger partial charge on any atom is -0.484 e. The molecule has 0 aromatic heterocycles. The summed E-state index contributed by atoms with van der Waals surface area (Å²) in [5.74, 6) is -1.00. The lowest BCUT2D eigenvalue weighted by Gasteiger charge is -2.28. The highest BCUT2D eigenvalue weighted by atomic mass is 35.5. The quantitative estimate of drug-likeness (QED) is 0.430. The van der Waals surface area contributed by atoms with E-state index in [1.54, 1.807) is 60.7 Å². The predicted octanol–water partition coefficient (Wildman–Crippen LogP) is 4.08. The number of benzene rings is 3. The lowest BCUT2D eigenvalue weighted by Crippen LogP contribution is -2.48. The highest BCUT2D eigenvalue weighted by molar-refractivity contribution is 6.30. The number of amides is 4. The van der Waals surface area contributed by atoms with E-state index < -0.39 is 23.8 Å². The molecule has 190 valence electrons. The van der Waals surface area contributed by atoms with Gasteiger partial charge in [-0.05, 0) is 60.5 Å². The monoisotopic (exact) mass is 519 g/mol. The summed E-state index contributed by atoms with van der Waals surface area (Å²) in [4.78, 5) is 53.4. The first-order valence-electron chi connectivity index (χ1n) is 11.8. The molecule has 0 saturated carbocycles. The fourth-order valence-electron chi connectivity index (χ4n) is 4.17. The van der Waals surface area contributed by atoms with Crippen molar-refractivity contribution >= 4 is 46.6 Å². The van der Waals surface area contributed by atoms with Gasteiger partial charge >= 0.3 is 0 Å². The first-order chi connectivity index (χ1) is 17.8. The fourth-order valence-corrected chi connectivity index (χ4v) is 4.38. The normalized spacial score (nSPS) is 15.0. The summed E-state index contributed by atoms with van der Waals surface area (Å²) < 4.78 is 5.64. The van der Waals surface area contributed by atoms with Crippen LogP contribution < -0.4 is 15.0 Å². The summed E-state index contributed by atoms with van der Waals surface area (Å²) in [6.45, 7) is 1.32. The Morgan fingerprint density at radius 3 is 2.43 bits per heavy atom. The van der Waals surface area contributed by atoms with Crippen LogP contribution in [-0.2, 0) is 25.6 Å². The van der Waals surface area contributed by atoms with Crippen molar-refractivity contribution in [3.05, 3.63) is 89.4 Å². The molecule has 1 fully saturated rings. The number of carbonyl (C=O) groups is 4. The minimum atomic E-state index is -0.964. The Bertz CT molecular complexity index is 1300. The zero-order valence-corrected chi connectivity index (χ0v) is 21.0. The average Bonchev–Trinajstić information content (AvgIpc) is 3.17. The van der Waals surface area contributed by atoms with Gasteiger partial charge in [0.2, 0.25) is 11.8 Å². The van der Waals surface area contributed by atoms with Crippen LogP contribution in [0.15, 0.2) is 78.9 Å². The molecule has 1 aliphatic heterocycles. The Labute approximate surface area is 219 Å². The third-order valence-corrected chi connectivity index (χ3v) is 6.14. The number of carbonyl (C=O) groups excluding carboxylic acids is 4. The van der Waals surface area contributed by atoms with E-state index in [1.165, 1.54) is 11.8 Å². The third-order valence-electron chi connectivity index (χ3n) is 5.90. The number of anilines is 2. The van der Waals surface area contributed by atoms with Gasteiger partial charge in [0.05, 0.1) is 12.1 Å². The van der Waals surface area contributed by atoms with Gasteiger partial charge in [-0.25, -0.2) is 4.90 Å². The molecular weight excluding hydrogens is 494 g/mol. The number of hydrogen-bond donors (Lipinski definition) is 1. The van der Waals surface area contributed by atoms with Crippen molar-refractivity contribution in [3.8, 4) is 5.75 Å². The second kappa shape index (κ2) is 11.7. The van der Waals surface area contributed by atoms with Crippen molar-refractivity contribution in [2.45, 2.75) is 25.8 Å². The molecule has 0 bridgehead atoms. The average molecular weight is 520 g/mol. The highest BCUT2D eigenvalue weighted by Gasteiger charge is 2.44. The molecule has 1 heterocycles. The van der Waals surface area contributed by atoms with Crippen molar-refractivity contribution in [2.75, 3.05) is 23.4 Å². The molecule has 4 amide bonds. The van der Waals surface area contributed by atoms with Gasteiger partial charge in [-0.3, -0.25) is 19.2 Å². The van der Waals surface area contributed by atoms with Crippen molar-refractivity contribution in [1.82, 2.24) is 4.90 Å². The van der Waals surface area contributed by atoms with E-state index in [9.17, 15) is 19.2 Å². The molecule has 0 radical (unpaired) electrons. The maximum Gasteiger partial charge on any atom is 0.261 e. The van der Waals surface area contributed by atoms with E-state index in [1.807, 2.05) is 18.2 Å². The number of ether oxygens (including phenoxy) is 1. The molecule has 1 unspecified atom stereocenters. The molecule has 1 aliphatic rings. The molecule has 3 aromatic rings. The molecule has 37 heavy (non-hydrogen) atoms. The topological polar surface area (TPSA) is 96.0 Å². The van der Waals surface area contributed by atoms with E-state index in [4.69, 9.17) is 16.3 Å². The van der Waals surface area contributed by atoms with Gasteiger partial charge in [0.25, 0.3) is 11.8 Å². The number of imide groups is 1. The van der Waals surface area contributed by atoms with Crippen LogP contribution in [-0.4, -0.2) is 47.7 Å². The van der Waals surface area contributed by atoms with Gasteiger partial charge < -0.3 is 15.0 Å². The van der Waals surface area contributed by atoms with Crippen LogP contribution in [0.5, 0.6) is 5.75 Å². The van der Waals surface area contributed by atoms with Gasteiger partial charge in [0, 0.05) is 24.2 Å². The standard InChI is InChI=1S/C28H26ClN3O5/c1-19(33)30-22-10-12-23(13-11-22)32-26(34)17-25(28(32)36)31(15-14-20-6-5-7-21(29)16-20)27(35)18-37-24-8-3-2-4-9-24/h2-13,16,25H,14-15,17-18H2,1H3,(H,30,33). The van der Waals surface area contributed by atoms with Crippen LogP contribution in [0.4, 0.5) is 11.4 Å². The molecule has 4 rings (SSSR count). The molecule has 1 atom stereocenters. The first-order valence-corrected chi connectivity index (χ1v) is 12.2. The summed E-state index contributed by atoms with van der Waals surface area (Å²) in [6.07, 6.45) is 0.305. The molecular formula is C28H26ClN3O5. The van der Waals surface area contributed by atoms with Crippen molar-refractivity contribution < 1.29 is 23.9 Å². The van der Waals surface area contributed by atoms with Crippen molar-refractivity contribution in [1.29, 1.82) is 0 Å². The van der Waals surface area contributed by atoms with E-state index in [2.05, 4.69) is 5.32 Å². The molecule has 3 aromatic carbocycles. The van der Waals surface area contributed by atoms with Crippen LogP contribution in [0.3, 0.4) is 0 Å². The molecule has 1 N–H and O–H groups in total. The van der Waals surface area contributed by atoms with Gasteiger partial charge in [0.15, 0.2) is 6.61 Å². The summed E-state index contributed by atoms with van der Waals surface area (Å²) in [7, 11) is 0. The molecule has 0 aliphatic carbocycles. The molecule has 0 spiro atoms. The smallest absolute Gasteiger partial charge is 0.261 e. The number of hydrogen-bond acceptors (Lipinski definition) is 5. The highest BCUT2D eigenvalue weighted by Crippen LogP contribution is 2.27. The number of para-hydroxylation sites is 1. The van der Waals surface area contributed by atoms with Gasteiger partial charge in [-0.2, -0.15) is 0 Å². The van der Waals surface area contributed by atoms with E-state index in [0.29, 0.717) is 28.6 Å². The number of rotatable bonds is 9. The zero-order valence-electron chi connectivity index (χ0n) is 20.2. The minimum absolute atomic E-state index is 0.140. The van der Waals surface area contributed by atoms with Crippen LogP contribution in [0.25, 0.3) is 0 Å².